The fourth-order valence-electron chi connectivity index (χ4n) is 1.94. The molecule has 0 fully saturated rings. The summed E-state index contributed by atoms with van der Waals surface area (Å²) in [6.07, 6.45) is 4.06. The molecule has 1 aromatic rings. The van der Waals surface area contributed by atoms with Crippen molar-refractivity contribution in [1.82, 2.24) is 4.98 Å². The number of anilines is 1. The molecule has 8 nitrogen and oxygen atoms in total. The van der Waals surface area contributed by atoms with E-state index < -0.39 is 4.92 Å². The van der Waals surface area contributed by atoms with E-state index in [1.807, 2.05) is 25.1 Å². The third-order valence-corrected chi connectivity index (χ3v) is 3.88. The molecule has 9 heteroatoms. The molecule has 116 valence electrons. The summed E-state index contributed by atoms with van der Waals surface area (Å²) in [5.41, 5.74) is 5.67. The number of aromatic nitrogens is 1. The molecule has 1 unspecified atom stereocenters. The zero-order valence-corrected chi connectivity index (χ0v) is 13.0. The Balaban J connectivity index is 3.30. The Hall–Kier alpha value is -2.03. The van der Waals surface area contributed by atoms with Crippen molar-refractivity contribution >= 4 is 29.1 Å². The molecular formula is C12H19N5O3S. The molecule has 0 radical (unpaired) electrons. The standard InChI is InChI=1S/C12H19N5O3S/c1-4-8(7-21-3)16(2)12-10(11(13)15-18)5-9(6-14-12)17(19)20/h5-6,8,18H,4,7H2,1-3H3,(H2,13,15). The molecular weight excluding hydrogens is 294 g/mol. The largest absolute Gasteiger partial charge is 0.409 e. The van der Waals surface area contributed by atoms with E-state index in [-0.39, 0.29) is 23.1 Å². The summed E-state index contributed by atoms with van der Waals surface area (Å²) in [7, 11) is 1.84. The molecule has 0 aliphatic heterocycles. The molecule has 1 aromatic heterocycles. The molecule has 0 amide bonds. The van der Waals surface area contributed by atoms with E-state index in [4.69, 9.17) is 10.9 Å². The highest BCUT2D eigenvalue weighted by Crippen LogP contribution is 2.24. The van der Waals surface area contributed by atoms with Gasteiger partial charge in [0.2, 0.25) is 0 Å². The van der Waals surface area contributed by atoms with Crippen LogP contribution in [0.1, 0.15) is 18.9 Å². The molecule has 0 saturated heterocycles. The normalized spacial score (nSPS) is 13.0. The molecule has 1 rings (SSSR count). The van der Waals surface area contributed by atoms with Gasteiger partial charge in [0.15, 0.2) is 5.84 Å². The van der Waals surface area contributed by atoms with Crippen molar-refractivity contribution in [2.24, 2.45) is 10.9 Å². The second-order valence-corrected chi connectivity index (χ2v) is 5.35. The molecule has 21 heavy (non-hydrogen) atoms. The average molecular weight is 313 g/mol. The van der Waals surface area contributed by atoms with E-state index in [0.717, 1.165) is 12.2 Å². The fraction of sp³-hybridized carbons (Fsp3) is 0.500. The van der Waals surface area contributed by atoms with Crippen molar-refractivity contribution in [2.45, 2.75) is 19.4 Å². The Morgan fingerprint density at radius 1 is 1.71 bits per heavy atom. The number of nitrogens with zero attached hydrogens (tertiary/aromatic N) is 4. The topological polar surface area (TPSA) is 118 Å². The number of rotatable bonds is 7. The van der Waals surface area contributed by atoms with Crippen molar-refractivity contribution in [1.29, 1.82) is 0 Å². The van der Waals surface area contributed by atoms with Gasteiger partial charge >= 0.3 is 0 Å². The summed E-state index contributed by atoms with van der Waals surface area (Å²) in [5, 5.41) is 22.6. The number of thioether (sulfide) groups is 1. The zero-order chi connectivity index (χ0) is 16.0. The van der Waals surface area contributed by atoms with E-state index in [0.29, 0.717) is 5.82 Å². The fourth-order valence-corrected chi connectivity index (χ4v) is 2.78. The van der Waals surface area contributed by atoms with Crippen LogP contribution in [0.15, 0.2) is 17.4 Å². The van der Waals surface area contributed by atoms with E-state index in [1.165, 1.54) is 12.3 Å². The molecule has 1 heterocycles. The highest BCUT2D eigenvalue weighted by Gasteiger charge is 2.22. The van der Waals surface area contributed by atoms with Crippen LogP contribution in [0.4, 0.5) is 11.5 Å². The summed E-state index contributed by atoms with van der Waals surface area (Å²) in [6, 6.07) is 1.46. The lowest BCUT2D eigenvalue weighted by Gasteiger charge is -2.29. The van der Waals surface area contributed by atoms with Crippen LogP contribution in [-0.2, 0) is 0 Å². The van der Waals surface area contributed by atoms with Crippen LogP contribution in [0, 0.1) is 10.1 Å². The molecule has 0 saturated carbocycles. The first-order chi connectivity index (χ1) is 9.96. The molecule has 0 aliphatic rings. The third kappa shape index (κ3) is 3.97. The summed E-state index contributed by atoms with van der Waals surface area (Å²) in [6.45, 7) is 2.05. The predicted molar refractivity (Wildman–Crippen MR) is 84.3 cm³/mol. The maximum atomic E-state index is 10.8. The van der Waals surface area contributed by atoms with Gasteiger partial charge in [-0.1, -0.05) is 12.1 Å². The minimum atomic E-state index is -0.565. The number of oxime groups is 1. The van der Waals surface area contributed by atoms with Crippen molar-refractivity contribution in [2.75, 3.05) is 24.0 Å². The number of nitro groups is 1. The van der Waals surface area contributed by atoms with Gasteiger partial charge < -0.3 is 15.8 Å². The lowest BCUT2D eigenvalue weighted by Crippen LogP contribution is -2.35. The number of nitrogens with two attached hydrogens (primary N) is 1. The van der Waals surface area contributed by atoms with Crippen LogP contribution in [0.5, 0.6) is 0 Å². The highest BCUT2D eigenvalue weighted by molar-refractivity contribution is 7.98. The first-order valence-electron chi connectivity index (χ1n) is 6.30. The van der Waals surface area contributed by atoms with E-state index in [9.17, 15) is 10.1 Å². The van der Waals surface area contributed by atoms with Crippen LogP contribution in [-0.4, -0.2) is 46.0 Å². The second kappa shape index (κ2) is 7.67. The minimum absolute atomic E-state index is 0.194. The monoisotopic (exact) mass is 313 g/mol. The van der Waals surface area contributed by atoms with Crippen molar-refractivity contribution in [3.8, 4) is 0 Å². The molecule has 0 aromatic carbocycles. The van der Waals surface area contributed by atoms with Gasteiger partial charge in [-0.05, 0) is 12.7 Å². The van der Waals surface area contributed by atoms with E-state index in [1.54, 1.807) is 11.8 Å². The van der Waals surface area contributed by atoms with Crippen LogP contribution in [0.25, 0.3) is 0 Å². The number of pyridine rings is 1. The average Bonchev–Trinajstić information content (AvgIpc) is 2.50. The van der Waals surface area contributed by atoms with Crippen LogP contribution in [0.2, 0.25) is 0 Å². The summed E-state index contributed by atoms with van der Waals surface area (Å²) in [5.74, 6) is 1.13. The maximum Gasteiger partial charge on any atom is 0.288 e. The Morgan fingerprint density at radius 2 is 2.38 bits per heavy atom. The molecule has 1 atom stereocenters. The first-order valence-corrected chi connectivity index (χ1v) is 7.69. The van der Waals surface area contributed by atoms with Crippen molar-refractivity contribution in [3.05, 3.63) is 27.9 Å². The quantitative estimate of drug-likeness (QED) is 0.258. The molecule has 0 spiro atoms. The molecule has 3 N–H and O–H groups in total. The van der Waals surface area contributed by atoms with E-state index >= 15 is 0 Å². The second-order valence-electron chi connectivity index (χ2n) is 4.44. The third-order valence-electron chi connectivity index (χ3n) is 3.16. The van der Waals surface area contributed by atoms with Gasteiger partial charge in [-0.15, -0.1) is 0 Å². The van der Waals surface area contributed by atoms with Gasteiger partial charge in [0, 0.05) is 24.9 Å². The van der Waals surface area contributed by atoms with Gasteiger partial charge in [-0.25, -0.2) is 4.98 Å². The van der Waals surface area contributed by atoms with Gasteiger partial charge in [0.1, 0.15) is 12.0 Å². The lowest BCUT2D eigenvalue weighted by molar-refractivity contribution is -0.385. The summed E-state index contributed by atoms with van der Waals surface area (Å²) < 4.78 is 0. The van der Waals surface area contributed by atoms with Gasteiger partial charge in [-0.3, -0.25) is 10.1 Å². The Bertz CT molecular complexity index is 538. The Morgan fingerprint density at radius 3 is 2.86 bits per heavy atom. The van der Waals surface area contributed by atoms with Crippen LogP contribution < -0.4 is 10.6 Å². The number of amidine groups is 1. The lowest BCUT2D eigenvalue weighted by atomic mass is 10.1. The van der Waals surface area contributed by atoms with Gasteiger partial charge in [0.25, 0.3) is 5.69 Å². The van der Waals surface area contributed by atoms with E-state index in [2.05, 4.69) is 10.1 Å². The van der Waals surface area contributed by atoms with Crippen LogP contribution >= 0.6 is 11.8 Å². The summed E-state index contributed by atoms with van der Waals surface area (Å²) in [4.78, 5) is 16.3. The van der Waals surface area contributed by atoms with Crippen molar-refractivity contribution < 1.29 is 10.1 Å². The zero-order valence-electron chi connectivity index (χ0n) is 12.2. The van der Waals surface area contributed by atoms with Crippen LogP contribution in [0.3, 0.4) is 0 Å². The first kappa shape index (κ1) is 17.0. The number of hydrogen-bond donors (Lipinski definition) is 2. The SMILES string of the molecule is CCC(CSC)N(C)c1ncc([N+](=O)[O-])cc1C(N)=NO. The van der Waals surface area contributed by atoms with Crippen molar-refractivity contribution in [3.63, 3.8) is 0 Å². The molecule has 0 aliphatic carbocycles. The molecule has 0 bridgehead atoms. The highest BCUT2D eigenvalue weighted by atomic mass is 32.2. The smallest absolute Gasteiger partial charge is 0.288 e. The predicted octanol–water partition coefficient (Wildman–Crippen LogP) is 1.66. The summed E-state index contributed by atoms with van der Waals surface area (Å²) >= 11 is 1.70. The minimum Gasteiger partial charge on any atom is -0.409 e. The number of hydrogen-bond acceptors (Lipinski definition) is 7. The Kier molecular flexibility index (Phi) is 6.22. The van der Waals surface area contributed by atoms with Gasteiger partial charge in [-0.2, -0.15) is 11.8 Å². The Labute approximate surface area is 127 Å². The van der Waals surface area contributed by atoms with Gasteiger partial charge in [0.05, 0.1) is 10.5 Å². The maximum absolute atomic E-state index is 10.8.